The summed E-state index contributed by atoms with van der Waals surface area (Å²) in [6.45, 7) is 4.35. The summed E-state index contributed by atoms with van der Waals surface area (Å²) >= 11 is 0. The van der Waals surface area contributed by atoms with Crippen molar-refractivity contribution < 1.29 is 9.47 Å². The van der Waals surface area contributed by atoms with Crippen LogP contribution in [0.15, 0.2) is 66.7 Å². The molecule has 0 amide bonds. The van der Waals surface area contributed by atoms with Crippen LogP contribution in [0.25, 0.3) is 0 Å². The van der Waals surface area contributed by atoms with E-state index in [1.54, 1.807) is 14.2 Å². The number of aromatic nitrogens is 1. The van der Waals surface area contributed by atoms with Gasteiger partial charge >= 0.3 is 0 Å². The van der Waals surface area contributed by atoms with E-state index in [4.69, 9.17) is 14.5 Å². The first kappa shape index (κ1) is 18.4. The highest BCUT2D eigenvalue weighted by molar-refractivity contribution is 7.79. The van der Waals surface area contributed by atoms with Gasteiger partial charge in [-0.15, -0.1) is 0 Å². The van der Waals surface area contributed by atoms with Crippen LogP contribution in [0.2, 0.25) is 0 Å². The highest BCUT2D eigenvalue weighted by Crippen LogP contribution is 2.33. The molecule has 0 saturated carbocycles. The fraction of sp³-hybridized carbons (Fsp3) is 0.227. The van der Waals surface area contributed by atoms with E-state index in [9.17, 15) is 0 Å². The molecule has 134 valence electrons. The van der Waals surface area contributed by atoms with Gasteiger partial charge in [0.1, 0.15) is 11.5 Å². The molecule has 0 bridgehead atoms. The molecular formula is C22H24NO2P. The SMILES string of the molecule is COc1ccc(P(c2ccc(OC)cc2)c2cccc(C(C)C)n2)cc1. The summed E-state index contributed by atoms with van der Waals surface area (Å²) < 4.78 is 10.6. The van der Waals surface area contributed by atoms with Crippen molar-refractivity contribution in [1.82, 2.24) is 4.98 Å². The summed E-state index contributed by atoms with van der Waals surface area (Å²) in [6, 6.07) is 23.0. The Hall–Kier alpha value is -2.38. The van der Waals surface area contributed by atoms with Gasteiger partial charge in [0.05, 0.1) is 19.7 Å². The molecule has 0 saturated heterocycles. The molecule has 2 aromatic carbocycles. The summed E-state index contributed by atoms with van der Waals surface area (Å²) in [6.07, 6.45) is 0. The second-order valence-electron chi connectivity index (χ2n) is 6.31. The number of hydrogen-bond acceptors (Lipinski definition) is 3. The van der Waals surface area contributed by atoms with Crippen molar-refractivity contribution in [3.05, 3.63) is 72.4 Å². The summed E-state index contributed by atoms with van der Waals surface area (Å²) in [5.74, 6) is 2.13. The van der Waals surface area contributed by atoms with E-state index in [-0.39, 0.29) is 0 Å². The molecule has 0 fully saturated rings. The molecule has 4 heteroatoms. The first-order valence-corrected chi connectivity index (χ1v) is 10.0. The molecule has 0 atom stereocenters. The number of ether oxygens (including phenoxy) is 2. The molecule has 1 heterocycles. The van der Waals surface area contributed by atoms with Crippen LogP contribution in [0.3, 0.4) is 0 Å². The topological polar surface area (TPSA) is 31.4 Å². The minimum Gasteiger partial charge on any atom is -0.497 e. The van der Waals surface area contributed by atoms with Gasteiger partial charge in [-0.05, 0) is 52.9 Å². The smallest absolute Gasteiger partial charge is 0.118 e. The van der Waals surface area contributed by atoms with Crippen LogP contribution in [0.5, 0.6) is 11.5 Å². The Bertz CT molecular complexity index is 797. The van der Waals surface area contributed by atoms with Gasteiger partial charge in [0.25, 0.3) is 0 Å². The molecule has 0 radical (unpaired) electrons. The van der Waals surface area contributed by atoms with Gasteiger partial charge in [0.15, 0.2) is 0 Å². The van der Waals surface area contributed by atoms with Gasteiger partial charge in [-0.2, -0.15) is 0 Å². The molecular weight excluding hydrogens is 341 g/mol. The normalized spacial score (nSPS) is 11.0. The highest BCUT2D eigenvalue weighted by atomic mass is 31.1. The average molecular weight is 365 g/mol. The summed E-state index contributed by atoms with van der Waals surface area (Å²) in [5, 5.41) is 2.50. The molecule has 0 unspecified atom stereocenters. The third-order valence-electron chi connectivity index (χ3n) is 4.24. The zero-order valence-corrected chi connectivity index (χ0v) is 16.5. The number of rotatable bonds is 6. The standard InChI is InChI=1S/C22H24NO2P/c1-16(2)21-6-5-7-22(23-21)26(19-12-8-17(24-3)9-13-19)20-14-10-18(25-4)11-15-20/h5-16H,1-4H3. The second kappa shape index (κ2) is 8.33. The average Bonchev–Trinajstić information content (AvgIpc) is 2.69. The molecule has 3 rings (SSSR count). The van der Waals surface area contributed by atoms with E-state index in [0.717, 1.165) is 22.6 Å². The largest absolute Gasteiger partial charge is 0.497 e. The predicted molar refractivity (Wildman–Crippen MR) is 110 cm³/mol. The molecule has 0 N–H and O–H groups in total. The Morgan fingerprint density at radius 2 is 1.23 bits per heavy atom. The van der Waals surface area contributed by atoms with E-state index in [0.29, 0.717) is 5.92 Å². The number of methoxy groups -OCH3 is 2. The lowest BCUT2D eigenvalue weighted by atomic mass is 10.1. The molecule has 0 aliphatic carbocycles. The summed E-state index contributed by atoms with van der Waals surface area (Å²) in [7, 11) is 2.63. The molecule has 3 aromatic rings. The Balaban J connectivity index is 2.09. The molecule has 3 nitrogen and oxygen atoms in total. The van der Waals surface area contributed by atoms with Crippen molar-refractivity contribution in [3.8, 4) is 11.5 Å². The zero-order chi connectivity index (χ0) is 18.5. The molecule has 0 spiro atoms. The molecule has 0 aliphatic heterocycles. The number of benzene rings is 2. The maximum atomic E-state index is 5.32. The summed E-state index contributed by atoms with van der Waals surface area (Å²) in [5.41, 5.74) is 2.23. The lowest BCUT2D eigenvalue weighted by molar-refractivity contribution is 0.415. The van der Waals surface area contributed by atoms with Crippen LogP contribution in [0.1, 0.15) is 25.5 Å². The van der Waals surface area contributed by atoms with E-state index in [1.807, 2.05) is 24.3 Å². The first-order valence-electron chi connectivity index (χ1n) is 8.67. The van der Waals surface area contributed by atoms with Crippen molar-refractivity contribution in [3.63, 3.8) is 0 Å². The molecule has 1 aromatic heterocycles. The van der Waals surface area contributed by atoms with Crippen molar-refractivity contribution >= 4 is 24.0 Å². The van der Waals surface area contributed by atoms with Gasteiger partial charge in [0, 0.05) is 13.6 Å². The predicted octanol–water partition coefficient (Wildman–Crippen LogP) is 3.98. The quantitative estimate of drug-likeness (QED) is 0.619. The minimum atomic E-state index is -0.744. The van der Waals surface area contributed by atoms with Gasteiger partial charge in [-0.25, -0.2) is 0 Å². The van der Waals surface area contributed by atoms with Crippen molar-refractivity contribution in [2.75, 3.05) is 14.2 Å². The van der Waals surface area contributed by atoms with Gasteiger partial charge in [0.2, 0.25) is 0 Å². The molecule has 0 aliphatic rings. The van der Waals surface area contributed by atoms with Gasteiger partial charge in [-0.1, -0.05) is 44.2 Å². The molecule has 26 heavy (non-hydrogen) atoms. The van der Waals surface area contributed by atoms with E-state index >= 15 is 0 Å². The van der Waals surface area contributed by atoms with Crippen molar-refractivity contribution in [2.24, 2.45) is 0 Å². The van der Waals surface area contributed by atoms with Crippen LogP contribution in [0.4, 0.5) is 0 Å². The Labute approximate surface area is 156 Å². The third kappa shape index (κ3) is 4.05. The fourth-order valence-electron chi connectivity index (χ4n) is 2.76. The summed E-state index contributed by atoms with van der Waals surface area (Å²) in [4.78, 5) is 4.98. The number of pyridine rings is 1. The maximum absolute atomic E-state index is 5.32. The van der Waals surface area contributed by atoms with E-state index < -0.39 is 7.92 Å². The van der Waals surface area contributed by atoms with Crippen LogP contribution in [0, 0.1) is 0 Å². The van der Waals surface area contributed by atoms with Crippen LogP contribution in [-0.2, 0) is 0 Å². The Morgan fingerprint density at radius 3 is 1.65 bits per heavy atom. The first-order chi connectivity index (χ1) is 12.6. The number of hydrogen-bond donors (Lipinski definition) is 0. The van der Waals surface area contributed by atoms with E-state index in [2.05, 4.69) is 56.3 Å². The highest BCUT2D eigenvalue weighted by Gasteiger charge is 2.19. The Kier molecular flexibility index (Phi) is 5.90. The van der Waals surface area contributed by atoms with Crippen LogP contribution in [-0.4, -0.2) is 19.2 Å². The van der Waals surface area contributed by atoms with Crippen molar-refractivity contribution in [2.45, 2.75) is 19.8 Å². The van der Waals surface area contributed by atoms with Gasteiger partial charge < -0.3 is 9.47 Å². The van der Waals surface area contributed by atoms with Crippen molar-refractivity contribution in [1.29, 1.82) is 0 Å². The monoisotopic (exact) mass is 365 g/mol. The van der Waals surface area contributed by atoms with Gasteiger partial charge in [-0.3, -0.25) is 4.98 Å². The van der Waals surface area contributed by atoms with E-state index in [1.165, 1.54) is 10.6 Å². The maximum Gasteiger partial charge on any atom is 0.118 e. The second-order valence-corrected chi connectivity index (χ2v) is 8.47. The number of nitrogens with zero attached hydrogens (tertiary/aromatic N) is 1. The van der Waals surface area contributed by atoms with Crippen LogP contribution >= 0.6 is 7.92 Å². The lowest BCUT2D eigenvalue weighted by Crippen LogP contribution is -2.23. The third-order valence-corrected chi connectivity index (χ3v) is 6.57. The minimum absolute atomic E-state index is 0.401. The lowest BCUT2D eigenvalue weighted by Gasteiger charge is -2.20. The fourth-order valence-corrected chi connectivity index (χ4v) is 4.93. The zero-order valence-electron chi connectivity index (χ0n) is 15.6. The Morgan fingerprint density at radius 1 is 0.731 bits per heavy atom. The van der Waals surface area contributed by atoms with Crippen LogP contribution < -0.4 is 25.5 Å².